The van der Waals surface area contributed by atoms with Gasteiger partial charge in [0.25, 0.3) is 0 Å². The fourth-order valence-electron chi connectivity index (χ4n) is 3.65. The fourth-order valence-corrected chi connectivity index (χ4v) is 3.65. The molecule has 1 amide bonds. The Labute approximate surface area is 142 Å². The maximum Gasteiger partial charge on any atom is 0.223 e. The van der Waals surface area contributed by atoms with E-state index in [4.69, 9.17) is 5.10 Å². The average Bonchev–Trinajstić information content (AvgIpc) is 3.14. The van der Waals surface area contributed by atoms with Crippen LogP contribution in [0.15, 0.2) is 30.3 Å². The molecule has 1 unspecified atom stereocenters. The van der Waals surface area contributed by atoms with Crippen LogP contribution in [0.5, 0.6) is 0 Å². The molecular weight excluding hydrogens is 300 g/mol. The first kappa shape index (κ1) is 15.4. The Bertz CT molecular complexity index is 733. The number of nitrogens with zero attached hydrogens (tertiary/aromatic N) is 2. The standard InChI is InChI=1S/C19H24N4O/c1-13(14-10-20-11-14)19(24)21-12-17-16-8-5-9-18(16)23(22-17)15-6-3-2-4-7-15/h2-4,6-7,13-14,20H,5,8-12H2,1H3,(H,21,24). The molecule has 1 atom stereocenters. The lowest BCUT2D eigenvalue weighted by Crippen LogP contribution is -2.49. The molecule has 2 aromatic rings. The fraction of sp³-hybridized carbons (Fsp3) is 0.474. The van der Waals surface area contributed by atoms with Gasteiger partial charge >= 0.3 is 0 Å². The molecule has 2 aliphatic rings. The summed E-state index contributed by atoms with van der Waals surface area (Å²) in [4.78, 5) is 12.4. The third kappa shape index (κ3) is 2.73. The van der Waals surface area contributed by atoms with Crippen molar-refractivity contribution in [2.75, 3.05) is 13.1 Å². The van der Waals surface area contributed by atoms with Crippen molar-refractivity contribution in [1.29, 1.82) is 0 Å². The van der Waals surface area contributed by atoms with E-state index in [-0.39, 0.29) is 11.8 Å². The van der Waals surface area contributed by atoms with Crippen LogP contribution in [0, 0.1) is 11.8 Å². The van der Waals surface area contributed by atoms with E-state index in [1.54, 1.807) is 0 Å². The number of carbonyl (C=O) groups is 1. The van der Waals surface area contributed by atoms with E-state index in [9.17, 15) is 4.79 Å². The Kier molecular flexibility index (Phi) is 4.10. The molecular formula is C19H24N4O. The molecule has 0 radical (unpaired) electrons. The number of nitrogens with one attached hydrogen (secondary N) is 2. The number of hydrogen-bond donors (Lipinski definition) is 2. The molecule has 0 bridgehead atoms. The van der Waals surface area contributed by atoms with Gasteiger partial charge < -0.3 is 10.6 Å². The van der Waals surface area contributed by atoms with Crippen LogP contribution < -0.4 is 10.6 Å². The van der Waals surface area contributed by atoms with Crippen molar-refractivity contribution in [3.63, 3.8) is 0 Å². The number of benzene rings is 1. The Morgan fingerprint density at radius 2 is 2.12 bits per heavy atom. The van der Waals surface area contributed by atoms with Crippen LogP contribution in [0.1, 0.15) is 30.3 Å². The Morgan fingerprint density at radius 3 is 2.83 bits per heavy atom. The van der Waals surface area contributed by atoms with Crippen LogP contribution in [-0.4, -0.2) is 28.8 Å². The quantitative estimate of drug-likeness (QED) is 0.882. The normalized spacial score (nSPS) is 18.0. The van der Waals surface area contributed by atoms with Crippen LogP contribution >= 0.6 is 0 Å². The summed E-state index contributed by atoms with van der Waals surface area (Å²) in [5, 5.41) is 11.1. The van der Waals surface area contributed by atoms with Gasteiger partial charge in [-0.15, -0.1) is 0 Å². The van der Waals surface area contributed by atoms with E-state index in [1.165, 1.54) is 17.7 Å². The average molecular weight is 324 g/mol. The second kappa shape index (κ2) is 6.40. The van der Waals surface area contributed by atoms with Crippen molar-refractivity contribution < 1.29 is 4.79 Å². The zero-order valence-electron chi connectivity index (χ0n) is 14.1. The van der Waals surface area contributed by atoms with Gasteiger partial charge in [0.2, 0.25) is 5.91 Å². The van der Waals surface area contributed by atoms with E-state index in [2.05, 4.69) is 27.4 Å². The van der Waals surface area contributed by atoms with Gasteiger partial charge in [-0.1, -0.05) is 25.1 Å². The van der Waals surface area contributed by atoms with Crippen molar-refractivity contribution in [3.8, 4) is 5.69 Å². The van der Waals surface area contributed by atoms with E-state index < -0.39 is 0 Å². The maximum atomic E-state index is 12.4. The summed E-state index contributed by atoms with van der Waals surface area (Å²) in [6.45, 7) is 4.46. The summed E-state index contributed by atoms with van der Waals surface area (Å²) in [6, 6.07) is 10.3. The number of fused-ring (bicyclic) bond motifs is 1. The van der Waals surface area contributed by atoms with Gasteiger partial charge in [-0.05, 0) is 56.0 Å². The largest absolute Gasteiger partial charge is 0.350 e. The predicted octanol–water partition coefficient (Wildman–Crippen LogP) is 1.83. The van der Waals surface area contributed by atoms with Gasteiger partial charge in [-0.25, -0.2) is 4.68 Å². The minimum Gasteiger partial charge on any atom is -0.350 e. The molecule has 5 nitrogen and oxygen atoms in total. The molecule has 1 fully saturated rings. The third-order valence-corrected chi connectivity index (χ3v) is 5.38. The Hall–Kier alpha value is -2.14. The van der Waals surface area contributed by atoms with Crippen LogP contribution in [0.2, 0.25) is 0 Å². The molecule has 1 aromatic heterocycles. The van der Waals surface area contributed by atoms with Gasteiger partial charge in [0, 0.05) is 11.6 Å². The molecule has 1 aliphatic heterocycles. The molecule has 2 N–H and O–H groups in total. The monoisotopic (exact) mass is 324 g/mol. The summed E-state index contributed by atoms with van der Waals surface area (Å²) in [5.74, 6) is 0.676. The van der Waals surface area contributed by atoms with Gasteiger partial charge in [-0.3, -0.25) is 4.79 Å². The molecule has 5 heteroatoms. The molecule has 0 spiro atoms. The number of amides is 1. The SMILES string of the molecule is CC(C(=O)NCc1nn(-c2ccccc2)c2c1CCC2)C1CNC1. The van der Waals surface area contributed by atoms with E-state index in [1.807, 2.05) is 25.1 Å². The molecule has 1 aromatic carbocycles. The summed E-state index contributed by atoms with van der Waals surface area (Å²) >= 11 is 0. The topological polar surface area (TPSA) is 59.0 Å². The highest BCUT2D eigenvalue weighted by Gasteiger charge is 2.29. The van der Waals surface area contributed by atoms with Gasteiger partial charge in [-0.2, -0.15) is 5.10 Å². The van der Waals surface area contributed by atoms with Crippen LogP contribution in [-0.2, 0) is 24.2 Å². The van der Waals surface area contributed by atoms with Crippen molar-refractivity contribution in [3.05, 3.63) is 47.3 Å². The Balaban J connectivity index is 1.51. The molecule has 24 heavy (non-hydrogen) atoms. The molecule has 4 rings (SSSR count). The lowest BCUT2D eigenvalue weighted by atomic mass is 9.88. The number of carbonyl (C=O) groups excluding carboxylic acids is 1. The maximum absolute atomic E-state index is 12.4. The molecule has 1 aliphatic carbocycles. The van der Waals surface area contributed by atoms with Crippen LogP contribution in [0.4, 0.5) is 0 Å². The van der Waals surface area contributed by atoms with E-state index in [0.29, 0.717) is 12.5 Å². The highest BCUT2D eigenvalue weighted by molar-refractivity contribution is 5.78. The van der Waals surface area contributed by atoms with Crippen LogP contribution in [0.25, 0.3) is 5.69 Å². The number of para-hydroxylation sites is 1. The van der Waals surface area contributed by atoms with Gasteiger partial charge in [0.15, 0.2) is 0 Å². The molecule has 126 valence electrons. The first-order valence-corrected chi connectivity index (χ1v) is 8.87. The number of rotatable bonds is 5. The smallest absolute Gasteiger partial charge is 0.223 e. The minimum absolute atomic E-state index is 0.0653. The summed E-state index contributed by atoms with van der Waals surface area (Å²) in [5.41, 5.74) is 4.76. The first-order valence-electron chi connectivity index (χ1n) is 8.87. The van der Waals surface area contributed by atoms with E-state index >= 15 is 0 Å². The third-order valence-electron chi connectivity index (χ3n) is 5.38. The van der Waals surface area contributed by atoms with E-state index in [0.717, 1.165) is 37.3 Å². The van der Waals surface area contributed by atoms with Crippen molar-refractivity contribution >= 4 is 5.91 Å². The number of aromatic nitrogens is 2. The summed E-state index contributed by atoms with van der Waals surface area (Å²) < 4.78 is 2.06. The van der Waals surface area contributed by atoms with Gasteiger partial charge in [0.1, 0.15) is 0 Å². The number of hydrogen-bond acceptors (Lipinski definition) is 3. The van der Waals surface area contributed by atoms with Gasteiger partial charge in [0.05, 0.1) is 17.9 Å². The lowest BCUT2D eigenvalue weighted by Gasteiger charge is -2.31. The second-order valence-corrected chi connectivity index (χ2v) is 6.90. The Morgan fingerprint density at radius 1 is 1.33 bits per heavy atom. The van der Waals surface area contributed by atoms with Crippen molar-refractivity contribution in [1.82, 2.24) is 20.4 Å². The molecule has 2 heterocycles. The molecule has 1 saturated heterocycles. The minimum atomic E-state index is 0.0653. The predicted molar refractivity (Wildman–Crippen MR) is 93.0 cm³/mol. The highest BCUT2D eigenvalue weighted by Crippen LogP contribution is 2.27. The van der Waals surface area contributed by atoms with Crippen molar-refractivity contribution in [2.45, 2.75) is 32.7 Å². The highest BCUT2D eigenvalue weighted by atomic mass is 16.1. The van der Waals surface area contributed by atoms with Crippen molar-refractivity contribution in [2.24, 2.45) is 11.8 Å². The summed E-state index contributed by atoms with van der Waals surface area (Å²) in [7, 11) is 0. The second-order valence-electron chi connectivity index (χ2n) is 6.90. The molecule has 0 saturated carbocycles. The zero-order chi connectivity index (χ0) is 16.5. The summed E-state index contributed by atoms with van der Waals surface area (Å²) in [6.07, 6.45) is 3.30. The zero-order valence-corrected chi connectivity index (χ0v) is 14.1. The lowest BCUT2D eigenvalue weighted by molar-refractivity contribution is -0.126. The first-order chi connectivity index (χ1) is 11.7. The van der Waals surface area contributed by atoms with Crippen LogP contribution in [0.3, 0.4) is 0 Å².